The van der Waals surface area contributed by atoms with Gasteiger partial charge in [-0.05, 0) is 18.2 Å². The second-order valence-corrected chi connectivity index (χ2v) is 4.76. The smallest absolute Gasteiger partial charge is 0.263 e. The third-order valence-electron chi connectivity index (χ3n) is 3.49. The molecule has 2 aromatic rings. The van der Waals surface area contributed by atoms with E-state index in [-0.39, 0.29) is 30.1 Å². The summed E-state index contributed by atoms with van der Waals surface area (Å²) < 4.78 is 1.45. The number of nitrogens with two attached hydrogens (primary N) is 1. The Labute approximate surface area is 120 Å². The molecule has 6 nitrogen and oxygen atoms in total. The first-order valence-corrected chi connectivity index (χ1v) is 6.50. The van der Waals surface area contributed by atoms with Crippen LogP contribution in [0.5, 0.6) is 0 Å². The van der Waals surface area contributed by atoms with E-state index in [2.05, 4.69) is 0 Å². The van der Waals surface area contributed by atoms with Gasteiger partial charge in [-0.25, -0.2) is 0 Å². The van der Waals surface area contributed by atoms with Crippen molar-refractivity contribution >= 4 is 17.5 Å². The molecule has 106 valence electrons. The molecule has 1 aromatic carbocycles. The molecule has 0 fully saturated rings. The number of carbonyl (C=O) groups is 2. The van der Waals surface area contributed by atoms with Crippen LogP contribution in [0, 0.1) is 0 Å². The number of anilines is 1. The third-order valence-corrected chi connectivity index (χ3v) is 3.49. The van der Waals surface area contributed by atoms with Gasteiger partial charge < -0.3 is 10.3 Å². The average molecular weight is 283 g/mol. The topological polar surface area (TPSA) is 85.4 Å². The van der Waals surface area contributed by atoms with Crippen LogP contribution in [-0.2, 0) is 6.54 Å². The minimum absolute atomic E-state index is 0.135. The first kappa shape index (κ1) is 13.1. The van der Waals surface area contributed by atoms with E-state index in [1.54, 1.807) is 36.5 Å². The van der Waals surface area contributed by atoms with Gasteiger partial charge in [-0.3, -0.25) is 19.3 Å². The zero-order valence-corrected chi connectivity index (χ0v) is 11.2. The normalized spacial score (nSPS) is 13.6. The minimum Gasteiger partial charge on any atom is -0.398 e. The van der Waals surface area contributed by atoms with E-state index in [0.717, 1.165) is 4.90 Å². The van der Waals surface area contributed by atoms with Crippen molar-refractivity contribution in [3.05, 3.63) is 64.1 Å². The van der Waals surface area contributed by atoms with Gasteiger partial charge in [-0.2, -0.15) is 0 Å². The van der Waals surface area contributed by atoms with Crippen LogP contribution < -0.4 is 11.3 Å². The van der Waals surface area contributed by atoms with Gasteiger partial charge in [-0.1, -0.05) is 12.1 Å². The van der Waals surface area contributed by atoms with E-state index < -0.39 is 5.91 Å². The molecule has 2 N–H and O–H groups in total. The Hall–Kier alpha value is -2.89. The molecule has 0 bridgehead atoms. The highest BCUT2D eigenvalue weighted by Gasteiger charge is 2.36. The number of nitrogen functional groups attached to an aromatic ring is 1. The summed E-state index contributed by atoms with van der Waals surface area (Å²) in [7, 11) is 0. The molecule has 2 heterocycles. The highest BCUT2D eigenvalue weighted by atomic mass is 16.2. The van der Waals surface area contributed by atoms with Gasteiger partial charge in [0.2, 0.25) is 0 Å². The van der Waals surface area contributed by atoms with Gasteiger partial charge >= 0.3 is 0 Å². The van der Waals surface area contributed by atoms with Crippen molar-refractivity contribution in [2.45, 2.75) is 6.54 Å². The summed E-state index contributed by atoms with van der Waals surface area (Å²) in [5.74, 6) is -0.775. The average Bonchev–Trinajstić information content (AvgIpc) is 2.72. The molecular formula is C15H13N3O3. The largest absolute Gasteiger partial charge is 0.398 e. The Kier molecular flexibility index (Phi) is 3.06. The maximum atomic E-state index is 12.3. The molecule has 21 heavy (non-hydrogen) atoms. The van der Waals surface area contributed by atoms with Crippen molar-refractivity contribution in [1.82, 2.24) is 9.47 Å². The molecule has 0 aliphatic carbocycles. The summed E-state index contributed by atoms with van der Waals surface area (Å²) in [5.41, 5.74) is 6.46. The fourth-order valence-electron chi connectivity index (χ4n) is 2.42. The standard InChI is InChI=1S/C15H13N3O3/c16-11-5-3-4-10-13(11)15(21)18(14(10)20)9-8-17-7-2-1-6-12(17)19/h1-7H,8-9,16H2. The summed E-state index contributed by atoms with van der Waals surface area (Å²) in [5, 5.41) is 0. The number of pyridine rings is 1. The van der Waals surface area contributed by atoms with Crippen LogP contribution in [0.15, 0.2) is 47.4 Å². The number of hydrogen-bond donors (Lipinski definition) is 1. The minimum atomic E-state index is -0.405. The van der Waals surface area contributed by atoms with Crippen molar-refractivity contribution in [3.8, 4) is 0 Å². The van der Waals surface area contributed by atoms with E-state index in [1.807, 2.05) is 0 Å². The van der Waals surface area contributed by atoms with Gasteiger partial charge in [-0.15, -0.1) is 0 Å². The number of nitrogens with zero attached hydrogens (tertiary/aromatic N) is 2. The van der Waals surface area contributed by atoms with E-state index in [1.165, 1.54) is 10.6 Å². The highest BCUT2D eigenvalue weighted by Crippen LogP contribution is 2.27. The van der Waals surface area contributed by atoms with Gasteiger partial charge in [0.1, 0.15) is 0 Å². The summed E-state index contributed by atoms with van der Waals surface area (Å²) in [4.78, 5) is 37.2. The quantitative estimate of drug-likeness (QED) is 0.664. The maximum absolute atomic E-state index is 12.3. The van der Waals surface area contributed by atoms with Gasteiger partial charge in [0.15, 0.2) is 0 Å². The molecule has 1 aliphatic heterocycles. The lowest BCUT2D eigenvalue weighted by Crippen LogP contribution is -2.34. The fourth-order valence-corrected chi connectivity index (χ4v) is 2.42. The zero-order valence-electron chi connectivity index (χ0n) is 11.2. The molecule has 0 saturated carbocycles. The lowest BCUT2D eigenvalue weighted by atomic mass is 10.1. The van der Waals surface area contributed by atoms with Crippen LogP contribution in [-0.4, -0.2) is 27.8 Å². The molecule has 3 rings (SSSR count). The van der Waals surface area contributed by atoms with E-state index >= 15 is 0 Å². The predicted molar refractivity (Wildman–Crippen MR) is 76.9 cm³/mol. The number of amides is 2. The molecule has 1 aliphatic rings. The SMILES string of the molecule is Nc1cccc2c1C(=O)N(CCn1ccccc1=O)C2=O. The Morgan fingerprint density at radius 3 is 2.43 bits per heavy atom. The van der Waals surface area contributed by atoms with Gasteiger partial charge in [0.05, 0.1) is 11.1 Å². The molecule has 6 heteroatoms. The van der Waals surface area contributed by atoms with Crippen LogP contribution in [0.25, 0.3) is 0 Å². The number of aromatic nitrogens is 1. The monoisotopic (exact) mass is 283 g/mol. The number of carbonyl (C=O) groups excluding carboxylic acids is 2. The Morgan fingerprint density at radius 1 is 0.905 bits per heavy atom. The number of rotatable bonds is 3. The first-order valence-electron chi connectivity index (χ1n) is 6.50. The number of hydrogen-bond acceptors (Lipinski definition) is 4. The molecule has 0 radical (unpaired) electrons. The summed E-state index contributed by atoms with van der Waals surface area (Å²) in [6.07, 6.45) is 1.62. The molecule has 0 spiro atoms. The van der Waals surface area contributed by atoms with Crippen LogP contribution in [0.2, 0.25) is 0 Å². The summed E-state index contributed by atoms with van der Waals surface area (Å²) in [6.45, 7) is 0.390. The van der Waals surface area contributed by atoms with E-state index in [9.17, 15) is 14.4 Å². The number of fused-ring (bicyclic) bond motifs is 1. The molecule has 0 atom stereocenters. The van der Waals surface area contributed by atoms with Crippen LogP contribution in [0.1, 0.15) is 20.7 Å². The van der Waals surface area contributed by atoms with Gasteiger partial charge in [0.25, 0.3) is 17.4 Å². The van der Waals surface area contributed by atoms with E-state index in [4.69, 9.17) is 5.73 Å². The fraction of sp³-hybridized carbons (Fsp3) is 0.133. The third kappa shape index (κ3) is 2.10. The van der Waals surface area contributed by atoms with Crippen LogP contribution in [0.3, 0.4) is 0 Å². The van der Waals surface area contributed by atoms with Crippen molar-refractivity contribution in [3.63, 3.8) is 0 Å². The van der Waals surface area contributed by atoms with Gasteiger partial charge in [0, 0.05) is 31.0 Å². The van der Waals surface area contributed by atoms with Crippen molar-refractivity contribution in [2.75, 3.05) is 12.3 Å². The molecule has 0 saturated heterocycles. The van der Waals surface area contributed by atoms with Crippen molar-refractivity contribution in [1.29, 1.82) is 0 Å². The van der Waals surface area contributed by atoms with Crippen molar-refractivity contribution in [2.24, 2.45) is 0 Å². The summed E-state index contributed by atoms with van der Waals surface area (Å²) >= 11 is 0. The molecular weight excluding hydrogens is 270 g/mol. The lowest BCUT2D eigenvalue weighted by molar-refractivity contribution is 0.0649. The van der Waals surface area contributed by atoms with Crippen molar-refractivity contribution < 1.29 is 9.59 Å². The maximum Gasteiger partial charge on any atom is 0.263 e. The Balaban J connectivity index is 1.85. The highest BCUT2D eigenvalue weighted by molar-refractivity contribution is 6.23. The number of benzene rings is 1. The van der Waals surface area contributed by atoms with Crippen LogP contribution >= 0.6 is 0 Å². The second-order valence-electron chi connectivity index (χ2n) is 4.76. The van der Waals surface area contributed by atoms with E-state index in [0.29, 0.717) is 11.3 Å². The molecule has 0 unspecified atom stereocenters. The first-order chi connectivity index (χ1) is 10.1. The lowest BCUT2D eigenvalue weighted by Gasteiger charge is -2.14. The molecule has 1 aromatic heterocycles. The predicted octanol–water partition coefficient (Wildman–Crippen LogP) is 0.727. The second kappa shape index (κ2) is 4.90. The summed E-state index contributed by atoms with van der Waals surface area (Å²) in [6, 6.07) is 9.62. The van der Waals surface area contributed by atoms with Crippen LogP contribution in [0.4, 0.5) is 5.69 Å². The zero-order chi connectivity index (χ0) is 15.0. The number of imide groups is 1. The Morgan fingerprint density at radius 2 is 1.71 bits per heavy atom. The molecule has 2 amide bonds. The Bertz CT molecular complexity index is 795.